The minimum atomic E-state index is 0.398. The van der Waals surface area contributed by atoms with Crippen molar-refractivity contribution in [2.75, 3.05) is 52.5 Å². The van der Waals surface area contributed by atoms with Crippen molar-refractivity contribution in [3.05, 3.63) is 11.9 Å². The Kier molecular flexibility index (Phi) is 7.80. The van der Waals surface area contributed by atoms with Crippen LogP contribution in [0.5, 0.6) is 5.88 Å². The molecule has 0 atom stereocenters. The van der Waals surface area contributed by atoms with Gasteiger partial charge in [0.1, 0.15) is 18.2 Å². The molecule has 7 heteroatoms. The number of rotatable bonds is 10. The third-order valence-electron chi connectivity index (χ3n) is 2.12. The lowest BCUT2D eigenvalue weighted by Gasteiger charge is -2.07. The highest BCUT2D eigenvalue weighted by Gasteiger charge is 2.00. The first-order valence-electron chi connectivity index (χ1n) is 6.10. The van der Waals surface area contributed by atoms with E-state index in [-0.39, 0.29) is 0 Å². The monoisotopic (exact) mass is 271 g/mol. The SMILES string of the molecule is COCCOCCOCCOc1cc(N)nc(C)n1. The van der Waals surface area contributed by atoms with Gasteiger partial charge in [0.25, 0.3) is 0 Å². The second kappa shape index (κ2) is 9.48. The first-order valence-corrected chi connectivity index (χ1v) is 6.10. The molecule has 0 aliphatic carbocycles. The van der Waals surface area contributed by atoms with Crippen LogP contribution < -0.4 is 10.5 Å². The number of methoxy groups -OCH3 is 1. The summed E-state index contributed by atoms with van der Waals surface area (Å²) < 4.78 is 20.8. The Morgan fingerprint density at radius 3 is 2.26 bits per heavy atom. The molecule has 1 aromatic rings. The molecule has 108 valence electrons. The highest BCUT2D eigenvalue weighted by molar-refractivity contribution is 5.32. The third-order valence-corrected chi connectivity index (χ3v) is 2.12. The Balaban J connectivity index is 2.01. The molecule has 0 aliphatic heterocycles. The lowest BCUT2D eigenvalue weighted by Crippen LogP contribution is -2.13. The van der Waals surface area contributed by atoms with E-state index in [2.05, 4.69) is 9.97 Å². The van der Waals surface area contributed by atoms with Gasteiger partial charge in [0.15, 0.2) is 0 Å². The molecule has 7 nitrogen and oxygen atoms in total. The number of anilines is 1. The van der Waals surface area contributed by atoms with Crippen LogP contribution in [0.1, 0.15) is 5.82 Å². The molecule has 0 bridgehead atoms. The second-order valence-corrected chi connectivity index (χ2v) is 3.74. The number of aryl methyl sites for hydroxylation is 1. The summed E-state index contributed by atoms with van der Waals surface area (Å²) in [5, 5.41) is 0. The lowest BCUT2D eigenvalue weighted by molar-refractivity contribution is 0.0176. The Labute approximate surface area is 113 Å². The fraction of sp³-hybridized carbons (Fsp3) is 0.667. The number of ether oxygens (including phenoxy) is 4. The van der Waals surface area contributed by atoms with E-state index in [4.69, 9.17) is 24.7 Å². The molecule has 0 spiro atoms. The Hall–Kier alpha value is -1.44. The summed E-state index contributed by atoms with van der Waals surface area (Å²) in [5.74, 6) is 1.45. The molecule has 0 aromatic carbocycles. The van der Waals surface area contributed by atoms with Crippen molar-refractivity contribution in [1.82, 2.24) is 9.97 Å². The van der Waals surface area contributed by atoms with Gasteiger partial charge in [-0.3, -0.25) is 0 Å². The number of hydrogen-bond acceptors (Lipinski definition) is 7. The molecular weight excluding hydrogens is 250 g/mol. The molecule has 1 rings (SSSR count). The van der Waals surface area contributed by atoms with Gasteiger partial charge in [-0.1, -0.05) is 0 Å². The maximum atomic E-state index is 5.58. The third kappa shape index (κ3) is 7.55. The molecule has 0 saturated heterocycles. The standard InChI is InChI=1S/C12H21N3O4/c1-10-14-11(13)9-12(15-10)19-8-7-18-6-5-17-4-3-16-2/h9H,3-8H2,1-2H3,(H2,13,14,15). The Morgan fingerprint density at radius 2 is 1.63 bits per heavy atom. The number of nitrogens with two attached hydrogens (primary N) is 1. The summed E-state index contributed by atoms with van der Waals surface area (Å²) in [4.78, 5) is 8.05. The van der Waals surface area contributed by atoms with Gasteiger partial charge < -0.3 is 24.7 Å². The summed E-state index contributed by atoms with van der Waals surface area (Å²) in [6.07, 6.45) is 0. The van der Waals surface area contributed by atoms with Crippen molar-refractivity contribution >= 4 is 5.82 Å². The minimum absolute atomic E-state index is 0.398. The predicted molar refractivity (Wildman–Crippen MR) is 70.2 cm³/mol. The van der Waals surface area contributed by atoms with Crippen molar-refractivity contribution in [3.8, 4) is 5.88 Å². The molecular formula is C12H21N3O4. The van der Waals surface area contributed by atoms with Crippen LogP contribution in [0.4, 0.5) is 5.82 Å². The number of aromatic nitrogens is 2. The minimum Gasteiger partial charge on any atom is -0.475 e. The normalized spacial score (nSPS) is 10.6. The summed E-state index contributed by atoms with van der Waals surface area (Å²) in [5.41, 5.74) is 5.58. The highest BCUT2D eigenvalue weighted by Crippen LogP contribution is 2.09. The molecule has 0 radical (unpaired) electrons. The Morgan fingerprint density at radius 1 is 1.00 bits per heavy atom. The molecule has 2 N–H and O–H groups in total. The molecule has 1 heterocycles. The van der Waals surface area contributed by atoms with Gasteiger partial charge in [-0.05, 0) is 6.92 Å². The van der Waals surface area contributed by atoms with E-state index in [1.54, 1.807) is 20.1 Å². The lowest BCUT2D eigenvalue weighted by atomic mass is 10.5. The molecule has 0 amide bonds. The quantitative estimate of drug-likeness (QED) is 0.617. The average molecular weight is 271 g/mol. The van der Waals surface area contributed by atoms with Gasteiger partial charge in [-0.25, -0.2) is 4.98 Å². The smallest absolute Gasteiger partial charge is 0.218 e. The fourth-order valence-corrected chi connectivity index (χ4v) is 1.31. The van der Waals surface area contributed by atoms with Gasteiger partial charge in [-0.2, -0.15) is 4.98 Å². The highest BCUT2D eigenvalue weighted by atomic mass is 16.6. The molecule has 0 unspecified atom stereocenters. The van der Waals surface area contributed by atoms with E-state index < -0.39 is 0 Å². The molecule has 0 saturated carbocycles. The number of hydrogen-bond donors (Lipinski definition) is 1. The van der Waals surface area contributed by atoms with E-state index in [0.29, 0.717) is 57.2 Å². The van der Waals surface area contributed by atoms with Gasteiger partial charge in [0.05, 0.1) is 33.0 Å². The van der Waals surface area contributed by atoms with Gasteiger partial charge in [0, 0.05) is 13.2 Å². The first kappa shape index (κ1) is 15.6. The average Bonchev–Trinajstić information content (AvgIpc) is 2.36. The first-order chi connectivity index (χ1) is 9.22. The summed E-state index contributed by atoms with van der Waals surface area (Å²) in [7, 11) is 1.64. The molecule has 19 heavy (non-hydrogen) atoms. The van der Waals surface area contributed by atoms with Crippen molar-refractivity contribution in [2.24, 2.45) is 0 Å². The maximum absolute atomic E-state index is 5.58. The van der Waals surface area contributed by atoms with Crippen LogP contribution in [-0.2, 0) is 14.2 Å². The van der Waals surface area contributed by atoms with Crippen LogP contribution in [0.25, 0.3) is 0 Å². The molecule has 0 fully saturated rings. The van der Waals surface area contributed by atoms with Crippen LogP contribution in [-0.4, -0.2) is 56.7 Å². The second-order valence-electron chi connectivity index (χ2n) is 3.74. The Bertz CT molecular complexity index is 343. The zero-order valence-corrected chi connectivity index (χ0v) is 11.4. The van der Waals surface area contributed by atoms with Crippen LogP contribution in [0.3, 0.4) is 0 Å². The maximum Gasteiger partial charge on any atom is 0.218 e. The predicted octanol–water partition coefficient (Wildman–Crippen LogP) is 0.426. The van der Waals surface area contributed by atoms with E-state index in [1.165, 1.54) is 0 Å². The van der Waals surface area contributed by atoms with E-state index >= 15 is 0 Å². The van der Waals surface area contributed by atoms with Gasteiger partial charge in [0.2, 0.25) is 5.88 Å². The number of nitrogens with zero attached hydrogens (tertiary/aromatic N) is 2. The van der Waals surface area contributed by atoms with Gasteiger partial charge >= 0.3 is 0 Å². The van der Waals surface area contributed by atoms with Crippen LogP contribution >= 0.6 is 0 Å². The van der Waals surface area contributed by atoms with Crippen molar-refractivity contribution < 1.29 is 18.9 Å². The van der Waals surface area contributed by atoms with Crippen LogP contribution in [0, 0.1) is 6.92 Å². The topological polar surface area (TPSA) is 88.7 Å². The van der Waals surface area contributed by atoms with Crippen molar-refractivity contribution in [2.45, 2.75) is 6.92 Å². The van der Waals surface area contributed by atoms with E-state index in [9.17, 15) is 0 Å². The van der Waals surface area contributed by atoms with Crippen LogP contribution in [0.15, 0.2) is 6.07 Å². The summed E-state index contributed by atoms with van der Waals surface area (Å²) in [6, 6.07) is 1.58. The fourth-order valence-electron chi connectivity index (χ4n) is 1.31. The van der Waals surface area contributed by atoms with Gasteiger partial charge in [-0.15, -0.1) is 0 Å². The number of nitrogen functional groups attached to an aromatic ring is 1. The van der Waals surface area contributed by atoms with E-state index in [1.807, 2.05) is 0 Å². The molecule has 0 aliphatic rings. The zero-order chi connectivity index (χ0) is 13.9. The zero-order valence-electron chi connectivity index (χ0n) is 11.4. The largest absolute Gasteiger partial charge is 0.475 e. The summed E-state index contributed by atoms with van der Waals surface area (Å²) in [6.45, 7) is 4.88. The van der Waals surface area contributed by atoms with E-state index in [0.717, 1.165) is 0 Å². The van der Waals surface area contributed by atoms with Crippen molar-refractivity contribution in [3.63, 3.8) is 0 Å². The van der Waals surface area contributed by atoms with Crippen LogP contribution in [0.2, 0.25) is 0 Å². The molecule has 1 aromatic heterocycles. The van der Waals surface area contributed by atoms with Crippen molar-refractivity contribution in [1.29, 1.82) is 0 Å². The summed E-state index contributed by atoms with van der Waals surface area (Å²) >= 11 is 0.